The summed E-state index contributed by atoms with van der Waals surface area (Å²) in [6, 6.07) is 3.90. The van der Waals surface area contributed by atoms with Crippen molar-refractivity contribution in [3.8, 4) is 0 Å². The van der Waals surface area contributed by atoms with Gasteiger partial charge < -0.3 is 10.1 Å². The summed E-state index contributed by atoms with van der Waals surface area (Å²) in [5.74, 6) is 1.48. The zero-order valence-electron chi connectivity index (χ0n) is 13.5. The second-order valence-electron chi connectivity index (χ2n) is 7.21. The van der Waals surface area contributed by atoms with Crippen molar-refractivity contribution in [3.63, 3.8) is 0 Å². The molecular formula is C18H25N3O2. The molecule has 5 heteroatoms. The number of fused-ring (bicyclic) bond motifs is 1. The molecule has 1 saturated carbocycles. The number of pyridine rings is 1. The number of carbonyl (C=O) groups is 1. The van der Waals surface area contributed by atoms with Crippen molar-refractivity contribution in [1.82, 2.24) is 15.2 Å². The molecule has 3 fully saturated rings. The highest BCUT2D eigenvalue weighted by Gasteiger charge is 2.44. The maximum absolute atomic E-state index is 12.7. The van der Waals surface area contributed by atoms with Crippen molar-refractivity contribution in [2.75, 3.05) is 26.2 Å². The largest absolute Gasteiger partial charge is 0.377 e. The lowest BCUT2D eigenvalue weighted by atomic mass is 9.82. The quantitative estimate of drug-likeness (QED) is 0.893. The Morgan fingerprint density at radius 2 is 2.26 bits per heavy atom. The van der Waals surface area contributed by atoms with E-state index in [0.717, 1.165) is 44.1 Å². The van der Waals surface area contributed by atoms with Crippen LogP contribution in [0.25, 0.3) is 0 Å². The van der Waals surface area contributed by atoms with E-state index in [1.807, 2.05) is 18.3 Å². The molecular weight excluding hydrogens is 290 g/mol. The van der Waals surface area contributed by atoms with Gasteiger partial charge in [0.15, 0.2) is 0 Å². The number of aromatic nitrogens is 1. The number of carbonyl (C=O) groups excluding carboxylic acids is 1. The fourth-order valence-electron chi connectivity index (χ4n) is 3.97. The molecule has 0 spiro atoms. The van der Waals surface area contributed by atoms with Gasteiger partial charge in [0.05, 0.1) is 12.0 Å². The minimum absolute atomic E-state index is 0.0617. The van der Waals surface area contributed by atoms with Crippen LogP contribution in [0.5, 0.6) is 0 Å². The summed E-state index contributed by atoms with van der Waals surface area (Å²) in [5.41, 5.74) is 1.05. The molecule has 124 valence electrons. The summed E-state index contributed by atoms with van der Waals surface area (Å²) in [7, 11) is 0. The van der Waals surface area contributed by atoms with Gasteiger partial charge in [0.25, 0.3) is 0 Å². The SMILES string of the molecule is O=C(NCc1cccnc1)[C@@H]1CN(CC2CC2)C[C@@H]2OCC[C@@H]21. The van der Waals surface area contributed by atoms with E-state index in [9.17, 15) is 4.79 Å². The Labute approximate surface area is 137 Å². The number of nitrogens with zero attached hydrogens (tertiary/aromatic N) is 2. The molecule has 0 radical (unpaired) electrons. The summed E-state index contributed by atoms with van der Waals surface area (Å²) in [6.07, 6.45) is 7.53. The van der Waals surface area contributed by atoms with Gasteiger partial charge in [-0.1, -0.05) is 6.07 Å². The molecule has 23 heavy (non-hydrogen) atoms. The van der Waals surface area contributed by atoms with E-state index < -0.39 is 0 Å². The standard InChI is InChI=1S/C18H25N3O2/c22-18(20-9-14-2-1-6-19-8-14)16-11-21(10-13-3-4-13)12-17-15(16)5-7-23-17/h1-2,6,8,13,15-17H,3-5,7,9-12H2,(H,20,22)/t15-,16-,17+/m1/s1. The molecule has 5 nitrogen and oxygen atoms in total. The Hall–Kier alpha value is -1.46. The van der Waals surface area contributed by atoms with Crippen LogP contribution in [0, 0.1) is 17.8 Å². The number of likely N-dealkylation sites (tertiary alicyclic amines) is 1. The number of ether oxygens (including phenoxy) is 1. The number of amides is 1. The molecule has 0 aromatic carbocycles. The van der Waals surface area contributed by atoms with Gasteiger partial charge in [-0.2, -0.15) is 0 Å². The van der Waals surface area contributed by atoms with E-state index in [-0.39, 0.29) is 17.9 Å². The van der Waals surface area contributed by atoms with E-state index in [4.69, 9.17) is 4.74 Å². The van der Waals surface area contributed by atoms with Crippen molar-refractivity contribution >= 4 is 5.91 Å². The molecule has 3 heterocycles. The van der Waals surface area contributed by atoms with Crippen molar-refractivity contribution in [1.29, 1.82) is 0 Å². The maximum atomic E-state index is 12.7. The Balaban J connectivity index is 1.38. The van der Waals surface area contributed by atoms with Crippen LogP contribution in [0.15, 0.2) is 24.5 Å². The lowest BCUT2D eigenvalue weighted by Crippen LogP contribution is -2.53. The van der Waals surface area contributed by atoms with Gasteiger partial charge in [0.1, 0.15) is 0 Å². The predicted molar refractivity (Wildman–Crippen MR) is 86.6 cm³/mol. The topological polar surface area (TPSA) is 54.5 Å². The van der Waals surface area contributed by atoms with Crippen LogP contribution in [0.3, 0.4) is 0 Å². The van der Waals surface area contributed by atoms with Crippen LogP contribution >= 0.6 is 0 Å². The summed E-state index contributed by atoms with van der Waals surface area (Å²) in [4.78, 5) is 19.3. The van der Waals surface area contributed by atoms with E-state index >= 15 is 0 Å². The Bertz CT molecular complexity index is 546. The van der Waals surface area contributed by atoms with Crippen LogP contribution in [0.2, 0.25) is 0 Å². The number of nitrogens with one attached hydrogen (secondary N) is 1. The summed E-state index contributed by atoms with van der Waals surface area (Å²) in [5, 5.41) is 3.11. The summed E-state index contributed by atoms with van der Waals surface area (Å²) >= 11 is 0. The van der Waals surface area contributed by atoms with E-state index in [1.54, 1.807) is 6.20 Å². The van der Waals surface area contributed by atoms with Crippen molar-refractivity contribution in [2.24, 2.45) is 17.8 Å². The minimum atomic E-state index is 0.0617. The van der Waals surface area contributed by atoms with Crippen molar-refractivity contribution in [3.05, 3.63) is 30.1 Å². The third-order valence-electron chi connectivity index (χ3n) is 5.41. The first kappa shape index (κ1) is 15.1. The third kappa shape index (κ3) is 3.56. The molecule has 0 bridgehead atoms. The summed E-state index contributed by atoms with van der Waals surface area (Å²) in [6.45, 7) is 4.40. The average Bonchev–Trinajstić information content (AvgIpc) is 3.26. The number of rotatable bonds is 5. The van der Waals surface area contributed by atoms with Gasteiger partial charge >= 0.3 is 0 Å². The highest BCUT2D eigenvalue weighted by Crippen LogP contribution is 2.36. The second kappa shape index (κ2) is 6.57. The van der Waals surface area contributed by atoms with Gasteiger partial charge in [0.2, 0.25) is 5.91 Å². The van der Waals surface area contributed by atoms with Crippen LogP contribution < -0.4 is 5.32 Å². The molecule has 0 unspecified atom stereocenters. The number of hydrogen-bond donors (Lipinski definition) is 1. The zero-order chi connectivity index (χ0) is 15.6. The lowest BCUT2D eigenvalue weighted by molar-refractivity contribution is -0.131. The molecule has 1 aromatic rings. The molecule has 3 atom stereocenters. The third-order valence-corrected chi connectivity index (χ3v) is 5.41. The zero-order valence-corrected chi connectivity index (χ0v) is 13.5. The van der Waals surface area contributed by atoms with Crippen LogP contribution in [-0.2, 0) is 16.1 Å². The second-order valence-corrected chi connectivity index (χ2v) is 7.21. The van der Waals surface area contributed by atoms with Gasteiger partial charge in [-0.25, -0.2) is 0 Å². The van der Waals surface area contributed by atoms with Crippen LogP contribution in [0.1, 0.15) is 24.8 Å². The monoisotopic (exact) mass is 315 g/mol. The van der Waals surface area contributed by atoms with E-state index in [2.05, 4.69) is 15.2 Å². The van der Waals surface area contributed by atoms with E-state index in [1.165, 1.54) is 12.8 Å². The smallest absolute Gasteiger partial charge is 0.225 e. The fourth-order valence-corrected chi connectivity index (χ4v) is 3.97. The van der Waals surface area contributed by atoms with E-state index in [0.29, 0.717) is 12.5 Å². The molecule has 1 aliphatic carbocycles. The molecule has 2 aliphatic heterocycles. The molecule has 1 N–H and O–H groups in total. The minimum Gasteiger partial charge on any atom is -0.377 e. The van der Waals surface area contributed by atoms with Crippen LogP contribution in [0.4, 0.5) is 0 Å². The molecule has 2 saturated heterocycles. The van der Waals surface area contributed by atoms with Gasteiger partial charge in [-0.3, -0.25) is 14.7 Å². The summed E-state index contributed by atoms with van der Waals surface area (Å²) < 4.78 is 5.90. The Morgan fingerprint density at radius 3 is 3.04 bits per heavy atom. The van der Waals surface area contributed by atoms with Gasteiger partial charge in [-0.05, 0) is 36.8 Å². The Kier molecular flexibility index (Phi) is 4.31. The fraction of sp³-hybridized carbons (Fsp3) is 0.667. The molecule has 4 rings (SSSR count). The van der Waals surface area contributed by atoms with Crippen molar-refractivity contribution in [2.45, 2.75) is 31.9 Å². The molecule has 3 aliphatic rings. The number of piperidine rings is 1. The highest BCUT2D eigenvalue weighted by atomic mass is 16.5. The first-order chi connectivity index (χ1) is 11.3. The predicted octanol–water partition coefficient (Wildman–Crippen LogP) is 1.44. The van der Waals surface area contributed by atoms with Gasteiger partial charge in [-0.15, -0.1) is 0 Å². The average molecular weight is 315 g/mol. The van der Waals surface area contributed by atoms with Crippen molar-refractivity contribution < 1.29 is 9.53 Å². The van der Waals surface area contributed by atoms with Crippen LogP contribution in [-0.4, -0.2) is 48.1 Å². The Morgan fingerprint density at radius 1 is 1.35 bits per heavy atom. The number of hydrogen-bond acceptors (Lipinski definition) is 4. The normalized spacial score (nSPS) is 30.9. The first-order valence-corrected chi connectivity index (χ1v) is 8.80. The lowest BCUT2D eigenvalue weighted by Gasteiger charge is -2.39. The van der Waals surface area contributed by atoms with Gasteiger partial charge in [0, 0.05) is 51.1 Å². The molecule has 1 aromatic heterocycles. The maximum Gasteiger partial charge on any atom is 0.225 e. The molecule has 1 amide bonds. The first-order valence-electron chi connectivity index (χ1n) is 8.80. The highest BCUT2D eigenvalue weighted by molar-refractivity contribution is 5.79.